The van der Waals surface area contributed by atoms with E-state index in [9.17, 15) is 0 Å². The van der Waals surface area contributed by atoms with Crippen molar-refractivity contribution in [1.82, 2.24) is 4.90 Å². The lowest BCUT2D eigenvalue weighted by atomic mass is 9.95. The zero-order chi connectivity index (χ0) is 12.3. The molecule has 1 aliphatic rings. The Hall–Kier alpha value is -0.860. The third-order valence-electron chi connectivity index (χ3n) is 3.78. The van der Waals surface area contributed by atoms with Crippen molar-refractivity contribution in [3.05, 3.63) is 35.4 Å². The lowest BCUT2D eigenvalue weighted by Crippen LogP contribution is -2.40. The summed E-state index contributed by atoms with van der Waals surface area (Å²) >= 11 is 0. The maximum atomic E-state index is 5.99. The Bertz CT molecular complexity index is 362. The number of hydrogen-bond acceptors (Lipinski definition) is 2. The third-order valence-corrected chi connectivity index (χ3v) is 3.78. The largest absolute Gasteiger partial charge is 0.329 e. The number of hydrogen-bond donors (Lipinski definition) is 1. The molecular weight excluding hydrogens is 208 g/mol. The summed E-state index contributed by atoms with van der Waals surface area (Å²) < 4.78 is 0. The van der Waals surface area contributed by atoms with Gasteiger partial charge in [0, 0.05) is 19.1 Å². The van der Waals surface area contributed by atoms with E-state index in [1.165, 1.54) is 37.1 Å². The van der Waals surface area contributed by atoms with Gasteiger partial charge in [-0.05, 0) is 37.8 Å². The van der Waals surface area contributed by atoms with E-state index in [0.717, 1.165) is 12.5 Å². The van der Waals surface area contributed by atoms with Crippen LogP contribution < -0.4 is 5.73 Å². The molecule has 0 spiro atoms. The first-order valence-electron chi connectivity index (χ1n) is 6.71. The summed E-state index contributed by atoms with van der Waals surface area (Å²) in [6.07, 6.45) is 2.67. The first kappa shape index (κ1) is 12.6. The lowest BCUT2D eigenvalue weighted by molar-refractivity contribution is 0.133. The molecule has 94 valence electrons. The molecule has 2 nitrogen and oxygen atoms in total. The highest BCUT2D eigenvalue weighted by Gasteiger charge is 2.23. The van der Waals surface area contributed by atoms with Gasteiger partial charge in [-0.2, -0.15) is 0 Å². The second kappa shape index (κ2) is 5.65. The van der Waals surface area contributed by atoms with Crippen LogP contribution in [0.15, 0.2) is 24.3 Å². The molecular formula is C15H24N2. The minimum absolute atomic E-state index is 0.401. The van der Waals surface area contributed by atoms with Gasteiger partial charge in [-0.15, -0.1) is 0 Å². The van der Waals surface area contributed by atoms with Crippen molar-refractivity contribution in [2.75, 3.05) is 19.6 Å². The van der Waals surface area contributed by atoms with Gasteiger partial charge in [-0.25, -0.2) is 0 Å². The van der Waals surface area contributed by atoms with E-state index in [2.05, 4.69) is 43.0 Å². The summed E-state index contributed by atoms with van der Waals surface area (Å²) in [6, 6.07) is 9.18. The molecule has 0 radical (unpaired) electrons. The van der Waals surface area contributed by atoms with E-state index in [4.69, 9.17) is 5.73 Å². The molecule has 1 aromatic rings. The van der Waals surface area contributed by atoms with Gasteiger partial charge in [0.1, 0.15) is 0 Å². The average Bonchev–Trinajstić information content (AvgIpc) is 2.30. The van der Waals surface area contributed by atoms with Crippen LogP contribution in [-0.4, -0.2) is 24.5 Å². The minimum Gasteiger partial charge on any atom is -0.329 e. The van der Waals surface area contributed by atoms with Crippen molar-refractivity contribution in [2.24, 2.45) is 11.7 Å². The molecule has 17 heavy (non-hydrogen) atoms. The van der Waals surface area contributed by atoms with Gasteiger partial charge in [0.15, 0.2) is 0 Å². The van der Waals surface area contributed by atoms with E-state index in [1.54, 1.807) is 0 Å². The van der Waals surface area contributed by atoms with Crippen LogP contribution in [0.25, 0.3) is 0 Å². The molecule has 2 atom stereocenters. The highest BCUT2D eigenvalue weighted by molar-refractivity contribution is 5.25. The Kier molecular flexibility index (Phi) is 4.19. The van der Waals surface area contributed by atoms with Crippen molar-refractivity contribution in [3.8, 4) is 0 Å². The number of aryl methyl sites for hydroxylation is 1. The van der Waals surface area contributed by atoms with Crippen LogP contribution >= 0.6 is 0 Å². The van der Waals surface area contributed by atoms with Gasteiger partial charge in [-0.1, -0.05) is 36.8 Å². The molecule has 0 saturated carbocycles. The smallest absolute Gasteiger partial charge is 0.0470 e. The summed E-state index contributed by atoms with van der Waals surface area (Å²) in [5, 5.41) is 0. The molecule has 0 aliphatic carbocycles. The monoisotopic (exact) mass is 232 g/mol. The predicted molar refractivity (Wildman–Crippen MR) is 72.9 cm³/mol. The molecule has 1 saturated heterocycles. The van der Waals surface area contributed by atoms with Gasteiger partial charge in [0.2, 0.25) is 0 Å². The Morgan fingerprint density at radius 3 is 2.94 bits per heavy atom. The SMILES string of the molecule is Cc1cccc([C@H](CN)N2CCC[C@@H](C)C2)c1. The van der Waals surface area contributed by atoms with Crippen LogP contribution in [0, 0.1) is 12.8 Å². The van der Waals surface area contributed by atoms with Gasteiger partial charge >= 0.3 is 0 Å². The molecule has 0 amide bonds. The standard InChI is InChI=1S/C15H24N2/c1-12-5-3-7-14(9-12)15(10-16)17-8-4-6-13(2)11-17/h3,5,7,9,13,15H,4,6,8,10-11,16H2,1-2H3/t13-,15+/m1/s1. The molecule has 1 fully saturated rings. The highest BCUT2D eigenvalue weighted by atomic mass is 15.2. The van der Waals surface area contributed by atoms with E-state index < -0.39 is 0 Å². The first-order valence-corrected chi connectivity index (χ1v) is 6.71. The summed E-state index contributed by atoms with van der Waals surface area (Å²) in [5.41, 5.74) is 8.69. The molecule has 1 aromatic carbocycles. The fourth-order valence-electron chi connectivity index (χ4n) is 2.88. The molecule has 1 aliphatic heterocycles. The number of nitrogens with two attached hydrogens (primary N) is 1. The van der Waals surface area contributed by atoms with Crippen molar-refractivity contribution in [3.63, 3.8) is 0 Å². The van der Waals surface area contributed by atoms with Crippen LogP contribution in [0.2, 0.25) is 0 Å². The van der Waals surface area contributed by atoms with E-state index in [-0.39, 0.29) is 0 Å². The lowest BCUT2D eigenvalue weighted by Gasteiger charge is -2.37. The number of piperidine rings is 1. The number of likely N-dealkylation sites (tertiary alicyclic amines) is 1. The summed E-state index contributed by atoms with van der Waals surface area (Å²) in [6.45, 7) is 7.60. The van der Waals surface area contributed by atoms with Gasteiger partial charge in [-0.3, -0.25) is 4.90 Å². The molecule has 0 aromatic heterocycles. The van der Waals surface area contributed by atoms with Crippen LogP contribution in [0.5, 0.6) is 0 Å². The minimum atomic E-state index is 0.401. The summed E-state index contributed by atoms with van der Waals surface area (Å²) in [7, 11) is 0. The van der Waals surface area contributed by atoms with Crippen molar-refractivity contribution >= 4 is 0 Å². The Labute approximate surface area is 105 Å². The predicted octanol–water partition coefficient (Wildman–Crippen LogP) is 2.73. The quantitative estimate of drug-likeness (QED) is 0.868. The number of benzene rings is 1. The van der Waals surface area contributed by atoms with Gasteiger partial charge in [0.25, 0.3) is 0 Å². The molecule has 0 unspecified atom stereocenters. The van der Waals surface area contributed by atoms with Crippen molar-refractivity contribution in [1.29, 1.82) is 0 Å². The van der Waals surface area contributed by atoms with Gasteiger partial charge < -0.3 is 5.73 Å². The summed E-state index contributed by atoms with van der Waals surface area (Å²) in [4.78, 5) is 2.56. The van der Waals surface area contributed by atoms with Crippen LogP contribution in [0.4, 0.5) is 0 Å². The van der Waals surface area contributed by atoms with Gasteiger partial charge in [0.05, 0.1) is 0 Å². The van der Waals surface area contributed by atoms with Crippen LogP contribution in [0.3, 0.4) is 0 Å². The topological polar surface area (TPSA) is 29.3 Å². The Morgan fingerprint density at radius 2 is 2.29 bits per heavy atom. The van der Waals surface area contributed by atoms with Crippen LogP contribution in [-0.2, 0) is 0 Å². The van der Waals surface area contributed by atoms with Crippen LogP contribution in [0.1, 0.15) is 36.9 Å². The Balaban J connectivity index is 2.15. The second-order valence-corrected chi connectivity index (χ2v) is 5.41. The molecule has 1 heterocycles. The highest BCUT2D eigenvalue weighted by Crippen LogP contribution is 2.26. The maximum Gasteiger partial charge on any atom is 0.0470 e. The molecule has 2 heteroatoms. The first-order chi connectivity index (χ1) is 8.20. The Morgan fingerprint density at radius 1 is 1.47 bits per heavy atom. The maximum absolute atomic E-state index is 5.99. The van der Waals surface area contributed by atoms with E-state index in [1.807, 2.05) is 0 Å². The molecule has 0 bridgehead atoms. The zero-order valence-electron chi connectivity index (χ0n) is 11.0. The second-order valence-electron chi connectivity index (χ2n) is 5.41. The molecule has 2 rings (SSSR count). The zero-order valence-corrected chi connectivity index (χ0v) is 11.0. The van der Waals surface area contributed by atoms with Crippen molar-refractivity contribution in [2.45, 2.75) is 32.7 Å². The fraction of sp³-hybridized carbons (Fsp3) is 0.600. The average molecular weight is 232 g/mol. The van der Waals surface area contributed by atoms with E-state index >= 15 is 0 Å². The van der Waals surface area contributed by atoms with E-state index in [0.29, 0.717) is 6.04 Å². The fourth-order valence-corrected chi connectivity index (χ4v) is 2.88. The summed E-state index contributed by atoms with van der Waals surface area (Å²) in [5.74, 6) is 0.808. The number of nitrogens with zero attached hydrogens (tertiary/aromatic N) is 1. The molecule has 2 N–H and O–H groups in total. The third kappa shape index (κ3) is 3.08. The van der Waals surface area contributed by atoms with Crippen molar-refractivity contribution < 1.29 is 0 Å². The normalized spacial score (nSPS) is 23.6. The number of rotatable bonds is 3.